The van der Waals surface area contributed by atoms with Crippen LogP contribution in [0.3, 0.4) is 0 Å². The summed E-state index contributed by atoms with van der Waals surface area (Å²) in [5.74, 6) is 0.661. The van der Waals surface area contributed by atoms with Gasteiger partial charge in [-0.2, -0.15) is 0 Å². The van der Waals surface area contributed by atoms with Gasteiger partial charge in [0.1, 0.15) is 6.10 Å². The number of esters is 1. The summed E-state index contributed by atoms with van der Waals surface area (Å²) in [5, 5.41) is 7.51. The van der Waals surface area contributed by atoms with Crippen LogP contribution in [-0.2, 0) is 14.3 Å². The van der Waals surface area contributed by atoms with Crippen molar-refractivity contribution in [3.05, 3.63) is 0 Å². The molecular weight excluding hydrogens is 400 g/mol. The molecule has 0 saturated carbocycles. The summed E-state index contributed by atoms with van der Waals surface area (Å²) in [5.41, 5.74) is 5.56. The summed E-state index contributed by atoms with van der Waals surface area (Å²) >= 11 is 0. The summed E-state index contributed by atoms with van der Waals surface area (Å²) < 4.78 is 10.3. The molecule has 176 valence electrons. The number of ether oxygens (including phenoxy) is 2. The fourth-order valence-corrected chi connectivity index (χ4v) is 4.72. The number of nitrogens with zero attached hydrogens (tertiary/aromatic N) is 4. The van der Waals surface area contributed by atoms with Crippen LogP contribution in [0.4, 0.5) is 4.79 Å². The fourth-order valence-electron chi connectivity index (χ4n) is 4.72. The average molecular weight is 439 g/mol. The topological polar surface area (TPSA) is 115 Å². The van der Waals surface area contributed by atoms with Gasteiger partial charge in [-0.1, -0.05) is 0 Å². The maximum Gasteiger partial charge on any atom is 0.410 e. The van der Waals surface area contributed by atoms with Crippen molar-refractivity contribution in [1.82, 2.24) is 19.6 Å². The number of carbonyl (C=O) groups excluding carboxylic acids is 2. The van der Waals surface area contributed by atoms with E-state index in [0.717, 1.165) is 84.6 Å². The van der Waals surface area contributed by atoms with Gasteiger partial charge in [0, 0.05) is 58.9 Å². The zero-order valence-electron chi connectivity index (χ0n) is 18.8. The lowest BCUT2D eigenvalue weighted by Gasteiger charge is -2.35. The Hall–Kier alpha value is -2.07. The third kappa shape index (κ3) is 7.24. The molecule has 0 spiro atoms. The minimum Gasteiger partial charge on any atom is -0.469 e. The van der Waals surface area contributed by atoms with E-state index in [-0.39, 0.29) is 24.1 Å². The van der Waals surface area contributed by atoms with Crippen LogP contribution in [0.2, 0.25) is 0 Å². The molecule has 0 aromatic rings. The molecule has 3 N–H and O–H groups in total. The lowest BCUT2D eigenvalue weighted by Crippen LogP contribution is -2.49. The van der Waals surface area contributed by atoms with Crippen LogP contribution in [0.1, 0.15) is 32.1 Å². The quantitative estimate of drug-likeness (QED) is 0.301. The second-order valence-electron chi connectivity index (χ2n) is 8.88. The first-order valence-corrected chi connectivity index (χ1v) is 11.5. The molecule has 1 unspecified atom stereocenters. The normalized spacial score (nSPS) is 23.8. The molecule has 0 aliphatic carbocycles. The maximum absolute atomic E-state index is 12.2. The van der Waals surface area contributed by atoms with Gasteiger partial charge >= 0.3 is 12.1 Å². The lowest BCUT2D eigenvalue weighted by atomic mass is 9.92. The van der Waals surface area contributed by atoms with E-state index in [2.05, 4.69) is 9.80 Å². The molecular formula is C21H38N6O4. The van der Waals surface area contributed by atoms with Gasteiger partial charge in [-0.25, -0.2) is 4.79 Å². The SMILES string of the molecule is COC(=O)CCN1CCN(CC2CN(CCCC3CCN(C(=N)N)CC3)C(=O)O2)CC1. The highest BCUT2D eigenvalue weighted by atomic mass is 16.6. The smallest absolute Gasteiger partial charge is 0.410 e. The second kappa shape index (κ2) is 11.5. The maximum atomic E-state index is 12.2. The van der Waals surface area contributed by atoms with Crippen molar-refractivity contribution in [3.8, 4) is 0 Å². The van der Waals surface area contributed by atoms with Crippen LogP contribution in [-0.4, -0.2) is 116 Å². The minimum absolute atomic E-state index is 0.0621. The molecule has 1 atom stereocenters. The Morgan fingerprint density at radius 3 is 2.45 bits per heavy atom. The highest BCUT2D eigenvalue weighted by Gasteiger charge is 2.33. The van der Waals surface area contributed by atoms with Gasteiger partial charge in [0.2, 0.25) is 0 Å². The molecule has 3 saturated heterocycles. The van der Waals surface area contributed by atoms with Gasteiger partial charge in [-0.05, 0) is 31.6 Å². The molecule has 0 bridgehead atoms. The highest BCUT2D eigenvalue weighted by Crippen LogP contribution is 2.22. The van der Waals surface area contributed by atoms with Crippen LogP contribution in [0.5, 0.6) is 0 Å². The van der Waals surface area contributed by atoms with E-state index in [1.54, 1.807) is 0 Å². The molecule has 3 aliphatic heterocycles. The number of piperazine rings is 1. The lowest BCUT2D eigenvalue weighted by molar-refractivity contribution is -0.141. The average Bonchev–Trinajstić information content (AvgIpc) is 3.12. The van der Waals surface area contributed by atoms with Crippen molar-refractivity contribution in [1.29, 1.82) is 5.41 Å². The first kappa shape index (κ1) is 23.6. The van der Waals surface area contributed by atoms with Crippen molar-refractivity contribution >= 4 is 18.0 Å². The van der Waals surface area contributed by atoms with E-state index in [1.165, 1.54) is 7.11 Å². The zero-order chi connectivity index (χ0) is 22.2. The number of likely N-dealkylation sites (tertiary alicyclic amines) is 1. The van der Waals surface area contributed by atoms with Gasteiger partial charge in [0.25, 0.3) is 0 Å². The molecule has 10 heteroatoms. The number of carbonyl (C=O) groups is 2. The number of amides is 1. The first-order valence-electron chi connectivity index (χ1n) is 11.5. The predicted octanol–water partition coefficient (Wildman–Crippen LogP) is 0.374. The number of nitrogens with two attached hydrogens (primary N) is 1. The number of methoxy groups -OCH3 is 1. The number of hydrogen-bond acceptors (Lipinski definition) is 7. The molecule has 10 nitrogen and oxygen atoms in total. The monoisotopic (exact) mass is 438 g/mol. The van der Waals surface area contributed by atoms with Gasteiger partial charge in [-0.3, -0.25) is 15.1 Å². The molecule has 3 fully saturated rings. The molecule has 0 aromatic carbocycles. The van der Waals surface area contributed by atoms with Crippen LogP contribution >= 0.6 is 0 Å². The molecule has 31 heavy (non-hydrogen) atoms. The Morgan fingerprint density at radius 1 is 1.13 bits per heavy atom. The van der Waals surface area contributed by atoms with Crippen LogP contribution in [0.15, 0.2) is 0 Å². The summed E-state index contributed by atoms with van der Waals surface area (Å²) in [7, 11) is 1.42. The van der Waals surface area contributed by atoms with Crippen LogP contribution in [0, 0.1) is 11.3 Å². The minimum atomic E-state index is -0.187. The Kier molecular flexibility index (Phi) is 8.77. The Labute approximate surface area is 185 Å². The van der Waals surface area contributed by atoms with Crippen molar-refractivity contribution in [2.45, 2.75) is 38.2 Å². The largest absolute Gasteiger partial charge is 0.469 e. The standard InChI is InChI=1S/C21H38N6O4/c1-30-19(28)6-8-24-11-13-25(14-12-24)15-18-16-27(21(29)31-18)7-2-3-17-4-9-26(10-5-17)20(22)23/h17-18H,2-16H2,1H3,(H3,22,23). The summed E-state index contributed by atoms with van der Waals surface area (Å²) in [6.07, 6.45) is 4.41. The predicted molar refractivity (Wildman–Crippen MR) is 117 cm³/mol. The van der Waals surface area contributed by atoms with E-state index < -0.39 is 0 Å². The van der Waals surface area contributed by atoms with E-state index in [9.17, 15) is 9.59 Å². The second-order valence-corrected chi connectivity index (χ2v) is 8.88. The van der Waals surface area contributed by atoms with Crippen molar-refractivity contribution < 1.29 is 19.1 Å². The third-order valence-electron chi connectivity index (χ3n) is 6.73. The summed E-state index contributed by atoms with van der Waals surface area (Å²) in [6.45, 7) is 8.36. The van der Waals surface area contributed by atoms with E-state index in [0.29, 0.717) is 18.9 Å². The summed E-state index contributed by atoms with van der Waals surface area (Å²) in [4.78, 5) is 31.9. The van der Waals surface area contributed by atoms with Crippen LogP contribution < -0.4 is 5.73 Å². The van der Waals surface area contributed by atoms with E-state index in [4.69, 9.17) is 20.6 Å². The highest BCUT2D eigenvalue weighted by molar-refractivity contribution is 5.74. The molecule has 3 aliphatic rings. The van der Waals surface area contributed by atoms with Crippen molar-refractivity contribution in [2.24, 2.45) is 11.7 Å². The van der Waals surface area contributed by atoms with E-state index >= 15 is 0 Å². The van der Waals surface area contributed by atoms with Gasteiger partial charge in [-0.15, -0.1) is 0 Å². The van der Waals surface area contributed by atoms with Crippen LogP contribution in [0.25, 0.3) is 0 Å². The fraction of sp³-hybridized carbons (Fsp3) is 0.857. The molecule has 3 rings (SSSR count). The number of hydrogen-bond donors (Lipinski definition) is 2. The van der Waals surface area contributed by atoms with Gasteiger partial charge < -0.3 is 29.9 Å². The Morgan fingerprint density at radius 2 is 1.81 bits per heavy atom. The molecule has 0 aromatic heterocycles. The molecule has 3 heterocycles. The number of nitrogens with one attached hydrogen (secondary N) is 1. The number of cyclic esters (lactones) is 1. The Balaban J connectivity index is 1.28. The first-order chi connectivity index (χ1) is 14.9. The third-order valence-corrected chi connectivity index (χ3v) is 6.73. The van der Waals surface area contributed by atoms with E-state index in [1.807, 2.05) is 9.80 Å². The molecule has 0 radical (unpaired) electrons. The number of guanidine groups is 1. The van der Waals surface area contributed by atoms with Gasteiger partial charge in [0.15, 0.2) is 5.96 Å². The van der Waals surface area contributed by atoms with Gasteiger partial charge in [0.05, 0.1) is 20.1 Å². The zero-order valence-corrected chi connectivity index (χ0v) is 18.8. The number of piperidine rings is 1. The van der Waals surface area contributed by atoms with Crippen molar-refractivity contribution in [3.63, 3.8) is 0 Å². The number of rotatable bonds is 9. The Bertz CT molecular complexity index is 617. The van der Waals surface area contributed by atoms with Crippen molar-refractivity contribution in [2.75, 3.05) is 72.6 Å². The summed E-state index contributed by atoms with van der Waals surface area (Å²) in [6, 6.07) is 0. The molecule has 1 amide bonds.